The molecule has 158 valence electrons. The summed E-state index contributed by atoms with van der Waals surface area (Å²) in [5.41, 5.74) is 1.47. The predicted molar refractivity (Wildman–Crippen MR) is 111 cm³/mol. The fourth-order valence-corrected chi connectivity index (χ4v) is 4.48. The zero-order valence-corrected chi connectivity index (χ0v) is 17.3. The molecule has 0 saturated heterocycles. The van der Waals surface area contributed by atoms with Crippen LogP contribution in [0.2, 0.25) is 0 Å². The van der Waals surface area contributed by atoms with Gasteiger partial charge >= 0.3 is 0 Å². The molecule has 0 spiro atoms. The van der Waals surface area contributed by atoms with Gasteiger partial charge in [-0.05, 0) is 30.2 Å². The molecule has 0 aliphatic carbocycles. The molecule has 10 heteroatoms. The van der Waals surface area contributed by atoms with Crippen LogP contribution in [0, 0.1) is 5.92 Å². The van der Waals surface area contributed by atoms with Crippen LogP contribution in [0.5, 0.6) is 11.5 Å². The summed E-state index contributed by atoms with van der Waals surface area (Å²) in [6, 6.07) is 10.7. The first-order chi connectivity index (χ1) is 14.3. The van der Waals surface area contributed by atoms with Crippen LogP contribution in [0.1, 0.15) is 13.8 Å². The van der Waals surface area contributed by atoms with E-state index < -0.39 is 22.0 Å². The molecule has 1 atom stereocenters. The Morgan fingerprint density at radius 3 is 2.57 bits per heavy atom. The number of carbonyl (C=O) groups excluding carboxylic acids is 1. The third kappa shape index (κ3) is 4.10. The fourth-order valence-electron chi connectivity index (χ4n) is 3.12. The van der Waals surface area contributed by atoms with Gasteiger partial charge in [0.05, 0.1) is 15.9 Å². The van der Waals surface area contributed by atoms with Crippen LogP contribution >= 0.6 is 0 Å². The highest BCUT2D eigenvalue weighted by atomic mass is 32.2. The van der Waals surface area contributed by atoms with Crippen LogP contribution in [0.4, 0.5) is 5.95 Å². The zero-order valence-electron chi connectivity index (χ0n) is 16.5. The van der Waals surface area contributed by atoms with Crippen molar-refractivity contribution in [3.8, 4) is 11.5 Å². The molecule has 1 aliphatic heterocycles. The Kier molecular flexibility index (Phi) is 5.35. The number of amides is 1. The number of para-hydroxylation sites is 2. The SMILES string of the molecule is CC(C)C(NS(=O)(=O)c1ccc2c(c1)OCCO2)C(=O)Nc1nc2ccccc2[nH]1. The Bertz CT molecular complexity index is 1160. The maximum absolute atomic E-state index is 12.9. The van der Waals surface area contributed by atoms with E-state index in [1.54, 1.807) is 19.9 Å². The summed E-state index contributed by atoms with van der Waals surface area (Å²) >= 11 is 0. The summed E-state index contributed by atoms with van der Waals surface area (Å²) in [7, 11) is -3.98. The molecule has 2 aromatic carbocycles. The summed E-state index contributed by atoms with van der Waals surface area (Å²) in [6.07, 6.45) is 0. The molecular weight excluding hydrogens is 408 g/mol. The summed E-state index contributed by atoms with van der Waals surface area (Å²) < 4.78 is 39.2. The van der Waals surface area contributed by atoms with Crippen molar-refractivity contribution in [1.29, 1.82) is 0 Å². The monoisotopic (exact) mass is 430 g/mol. The van der Waals surface area contributed by atoms with Gasteiger partial charge in [0.25, 0.3) is 0 Å². The molecule has 4 rings (SSSR count). The summed E-state index contributed by atoms with van der Waals surface area (Å²) in [4.78, 5) is 20.1. The van der Waals surface area contributed by atoms with E-state index >= 15 is 0 Å². The molecule has 0 saturated carbocycles. The largest absolute Gasteiger partial charge is 0.486 e. The number of aromatic amines is 1. The Hall–Kier alpha value is -3.11. The van der Waals surface area contributed by atoms with Gasteiger partial charge in [0.2, 0.25) is 21.9 Å². The van der Waals surface area contributed by atoms with Gasteiger partial charge in [-0.1, -0.05) is 26.0 Å². The van der Waals surface area contributed by atoms with Gasteiger partial charge in [-0.2, -0.15) is 4.72 Å². The smallest absolute Gasteiger partial charge is 0.245 e. The molecule has 1 amide bonds. The van der Waals surface area contributed by atoms with Gasteiger partial charge in [-0.15, -0.1) is 0 Å². The number of nitrogens with zero attached hydrogens (tertiary/aromatic N) is 1. The van der Waals surface area contributed by atoms with Crippen molar-refractivity contribution in [2.45, 2.75) is 24.8 Å². The van der Waals surface area contributed by atoms with Crippen LogP contribution in [-0.4, -0.2) is 43.5 Å². The number of imidazole rings is 1. The topological polar surface area (TPSA) is 122 Å². The second kappa shape index (κ2) is 7.96. The first-order valence-corrected chi connectivity index (χ1v) is 11.0. The second-order valence-electron chi connectivity index (χ2n) is 7.24. The molecule has 1 aromatic heterocycles. The average molecular weight is 430 g/mol. The Labute approximate surface area is 173 Å². The third-order valence-electron chi connectivity index (χ3n) is 4.69. The van der Waals surface area contributed by atoms with E-state index in [9.17, 15) is 13.2 Å². The molecule has 0 radical (unpaired) electrons. The van der Waals surface area contributed by atoms with E-state index in [2.05, 4.69) is 20.0 Å². The van der Waals surface area contributed by atoms with Crippen LogP contribution in [0.25, 0.3) is 11.0 Å². The minimum absolute atomic E-state index is 0.00561. The number of carbonyl (C=O) groups is 1. The number of rotatable bonds is 6. The zero-order chi connectivity index (χ0) is 21.3. The highest BCUT2D eigenvalue weighted by molar-refractivity contribution is 7.89. The van der Waals surface area contributed by atoms with Crippen molar-refractivity contribution in [3.63, 3.8) is 0 Å². The minimum Gasteiger partial charge on any atom is -0.486 e. The van der Waals surface area contributed by atoms with Gasteiger partial charge in [-0.3, -0.25) is 10.1 Å². The fraction of sp³-hybridized carbons (Fsp3) is 0.300. The predicted octanol–water partition coefficient (Wildman–Crippen LogP) is 2.28. The van der Waals surface area contributed by atoms with Gasteiger partial charge in [0, 0.05) is 6.07 Å². The maximum atomic E-state index is 12.9. The highest BCUT2D eigenvalue weighted by Gasteiger charge is 2.30. The lowest BCUT2D eigenvalue weighted by Crippen LogP contribution is -2.47. The van der Waals surface area contributed by atoms with Crippen LogP contribution in [-0.2, 0) is 14.8 Å². The Balaban J connectivity index is 1.54. The van der Waals surface area contributed by atoms with Crippen molar-refractivity contribution in [1.82, 2.24) is 14.7 Å². The number of nitrogens with one attached hydrogen (secondary N) is 3. The van der Waals surface area contributed by atoms with Crippen molar-refractivity contribution < 1.29 is 22.7 Å². The van der Waals surface area contributed by atoms with Crippen molar-refractivity contribution >= 4 is 32.9 Å². The molecule has 30 heavy (non-hydrogen) atoms. The molecule has 0 fully saturated rings. The van der Waals surface area contributed by atoms with Crippen molar-refractivity contribution in [3.05, 3.63) is 42.5 Å². The van der Waals surface area contributed by atoms with Crippen molar-refractivity contribution in [2.75, 3.05) is 18.5 Å². The molecule has 2 heterocycles. The van der Waals surface area contributed by atoms with Crippen LogP contribution in [0.15, 0.2) is 47.4 Å². The van der Waals surface area contributed by atoms with Gasteiger partial charge in [0.1, 0.15) is 19.3 Å². The molecule has 0 bridgehead atoms. The van der Waals surface area contributed by atoms with E-state index in [4.69, 9.17) is 9.47 Å². The maximum Gasteiger partial charge on any atom is 0.245 e. The molecule has 9 nitrogen and oxygen atoms in total. The number of ether oxygens (including phenoxy) is 2. The van der Waals surface area contributed by atoms with E-state index in [1.807, 2.05) is 24.3 Å². The first kappa shape index (κ1) is 20.2. The summed E-state index contributed by atoms with van der Waals surface area (Å²) in [5, 5.41) is 2.66. The number of H-pyrrole nitrogens is 1. The number of benzene rings is 2. The minimum atomic E-state index is -3.98. The molecular formula is C20H22N4O5S. The highest BCUT2D eigenvalue weighted by Crippen LogP contribution is 2.32. The number of hydrogen-bond donors (Lipinski definition) is 3. The molecule has 1 aliphatic rings. The lowest BCUT2D eigenvalue weighted by molar-refractivity contribution is -0.118. The Morgan fingerprint density at radius 2 is 1.83 bits per heavy atom. The normalized spacial score (nSPS) is 14.6. The quantitative estimate of drug-likeness (QED) is 0.551. The molecule has 3 N–H and O–H groups in total. The Morgan fingerprint density at radius 1 is 1.10 bits per heavy atom. The van der Waals surface area contributed by atoms with E-state index in [0.717, 1.165) is 5.52 Å². The van der Waals surface area contributed by atoms with Gasteiger partial charge in [0.15, 0.2) is 11.5 Å². The van der Waals surface area contributed by atoms with Crippen LogP contribution < -0.4 is 19.5 Å². The van der Waals surface area contributed by atoms with Crippen LogP contribution in [0.3, 0.4) is 0 Å². The summed E-state index contributed by atoms with van der Waals surface area (Å²) in [6.45, 7) is 4.28. The van der Waals surface area contributed by atoms with Gasteiger partial charge < -0.3 is 14.5 Å². The number of fused-ring (bicyclic) bond motifs is 2. The lowest BCUT2D eigenvalue weighted by atomic mass is 10.1. The van der Waals surface area contributed by atoms with Crippen molar-refractivity contribution in [2.24, 2.45) is 5.92 Å². The number of hydrogen-bond acceptors (Lipinski definition) is 6. The first-order valence-electron chi connectivity index (χ1n) is 9.51. The molecule has 1 unspecified atom stereocenters. The second-order valence-corrected chi connectivity index (χ2v) is 8.95. The average Bonchev–Trinajstić information content (AvgIpc) is 3.13. The standard InChI is InChI=1S/C20H22N4O5S/c1-12(2)18(19(25)23-20-21-14-5-3-4-6-15(14)22-20)24-30(26,27)13-7-8-16-17(11-13)29-10-9-28-16/h3-8,11-12,18,24H,9-10H2,1-2H3,(H2,21,22,23,25). The van der Waals surface area contributed by atoms with E-state index in [0.29, 0.717) is 30.2 Å². The lowest BCUT2D eigenvalue weighted by Gasteiger charge is -2.22. The van der Waals surface area contributed by atoms with E-state index in [-0.39, 0.29) is 16.8 Å². The number of sulfonamides is 1. The van der Waals surface area contributed by atoms with Gasteiger partial charge in [-0.25, -0.2) is 13.4 Å². The van der Waals surface area contributed by atoms with E-state index in [1.165, 1.54) is 12.1 Å². The summed E-state index contributed by atoms with van der Waals surface area (Å²) in [5.74, 6) is 0.289. The molecule has 3 aromatic rings. The number of aromatic nitrogens is 2. The third-order valence-corrected chi connectivity index (χ3v) is 6.12. The number of anilines is 1.